The van der Waals surface area contributed by atoms with Gasteiger partial charge in [0.05, 0.1) is 18.4 Å². The van der Waals surface area contributed by atoms with Crippen molar-refractivity contribution in [2.75, 3.05) is 33.3 Å². The molecule has 3 heterocycles. The van der Waals surface area contributed by atoms with Crippen LogP contribution in [0.2, 0.25) is 0 Å². The number of ether oxygens (including phenoxy) is 1. The van der Waals surface area contributed by atoms with E-state index in [0.717, 1.165) is 68.0 Å². The number of methoxy groups -OCH3 is 1. The number of nitrogens with zero attached hydrogens (tertiary/aromatic N) is 3. The molecule has 1 aromatic carbocycles. The summed E-state index contributed by atoms with van der Waals surface area (Å²) in [5.74, 6) is 0.614. The van der Waals surface area contributed by atoms with Crippen LogP contribution in [0.15, 0.2) is 28.9 Å². The average molecular weight is 396 g/mol. The molecule has 0 amide bonds. The number of hydrogen-bond acceptors (Lipinski definition) is 6. The smallest absolute Gasteiger partial charge is 0.337 e. The second-order valence-electron chi connectivity index (χ2n) is 7.77. The Morgan fingerprint density at radius 2 is 1.93 bits per heavy atom. The summed E-state index contributed by atoms with van der Waals surface area (Å²) in [5, 5.41) is 5.24. The number of esters is 1. The fraction of sp³-hybridized carbons (Fsp3) is 0.455. The van der Waals surface area contributed by atoms with Crippen molar-refractivity contribution in [3.8, 4) is 0 Å². The molecule has 1 aliphatic heterocycles. The van der Waals surface area contributed by atoms with Crippen molar-refractivity contribution >= 4 is 16.9 Å². The Balaban J connectivity index is 1.41. The summed E-state index contributed by atoms with van der Waals surface area (Å²) in [6.45, 7) is 10.0. The lowest BCUT2D eigenvalue weighted by Gasteiger charge is -2.21. The third kappa shape index (κ3) is 4.21. The summed E-state index contributed by atoms with van der Waals surface area (Å²) in [5.41, 5.74) is 5.01. The van der Waals surface area contributed by atoms with E-state index in [-0.39, 0.29) is 5.97 Å². The summed E-state index contributed by atoms with van der Waals surface area (Å²) >= 11 is 0. The van der Waals surface area contributed by atoms with Gasteiger partial charge in [0.25, 0.3) is 0 Å². The zero-order valence-corrected chi connectivity index (χ0v) is 17.3. The summed E-state index contributed by atoms with van der Waals surface area (Å²) in [4.78, 5) is 20.0. The van der Waals surface area contributed by atoms with Crippen LogP contribution in [0.3, 0.4) is 0 Å². The SMILES string of the molecule is COC(=O)c1ccc2c(CN3CCCN(Cc4c(C)noc4C)CC3)c[nH]c2c1. The molecule has 0 unspecified atom stereocenters. The Labute approximate surface area is 170 Å². The van der Waals surface area contributed by atoms with Gasteiger partial charge in [-0.2, -0.15) is 0 Å². The lowest BCUT2D eigenvalue weighted by molar-refractivity contribution is 0.0601. The molecule has 0 aliphatic carbocycles. The normalized spacial score (nSPS) is 16.2. The topological polar surface area (TPSA) is 74.6 Å². The molecule has 3 aromatic rings. The molecule has 7 nitrogen and oxygen atoms in total. The number of nitrogens with one attached hydrogen (secondary N) is 1. The molecule has 1 aliphatic rings. The first kappa shape index (κ1) is 19.7. The first-order valence-electron chi connectivity index (χ1n) is 10.1. The molecule has 4 rings (SSSR count). The van der Waals surface area contributed by atoms with Crippen molar-refractivity contribution in [1.29, 1.82) is 0 Å². The van der Waals surface area contributed by atoms with Gasteiger partial charge in [0, 0.05) is 48.8 Å². The number of aromatic nitrogens is 2. The van der Waals surface area contributed by atoms with Gasteiger partial charge in [-0.15, -0.1) is 0 Å². The maximum Gasteiger partial charge on any atom is 0.337 e. The predicted octanol–water partition coefficient (Wildman–Crippen LogP) is 3.27. The number of H-pyrrole nitrogens is 1. The number of fused-ring (bicyclic) bond motifs is 1. The molecular weight excluding hydrogens is 368 g/mol. The number of benzene rings is 1. The molecular formula is C22H28N4O3. The number of aromatic amines is 1. The number of hydrogen-bond donors (Lipinski definition) is 1. The Hall–Kier alpha value is -2.64. The average Bonchev–Trinajstić information content (AvgIpc) is 3.18. The van der Waals surface area contributed by atoms with Crippen molar-refractivity contribution in [2.24, 2.45) is 0 Å². The van der Waals surface area contributed by atoms with Crippen LogP contribution in [0.4, 0.5) is 0 Å². The van der Waals surface area contributed by atoms with Crippen LogP contribution in [0.1, 0.15) is 39.4 Å². The van der Waals surface area contributed by atoms with Gasteiger partial charge in [0.1, 0.15) is 5.76 Å². The Morgan fingerprint density at radius 3 is 2.62 bits per heavy atom. The molecule has 0 saturated carbocycles. The monoisotopic (exact) mass is 396 g/mol. The van der Waals surface area contributed by atoms with E-state index < -0.39 is 0 Å². The standard InChI is InChI=1S/C22H28N4O3/c1-15-20(16(2)29-24-15)14-26-8-4-7-25(9-10-26)13-18-12-23-21-11-17(22(27)28-3)5-6-19(18)21/h5-6,11-12,23H,4,7-10,13-14H2,1-3H3. The summed E-state index contributed by atoms with van der Waals surface area (Å²) in [6.07, 6.45) is 3.19. The van der Waals surface area contributed by atoms with Crippen LogP contribution in [-0.2, 0) is 17.8 Å². The molecule has 0 atom stereocenters. The van der Waals surface area contributed by atoms with E-state index >= 15 is 0 Å². The van der Waals surface area contributed by atoms with E-state index in [0.29, 0.717) is 5.56 Å². The largest absolute Gasteiger partial charge is 0.465 e. The van der Waals surface area contributed by atoms with Crippen LogP contribution in [0.25, 0.3) is 10.9 Å². The number of carbonyl (C=O) groups is 1. The highest BCUT2D eigenvalue weighted by atomic mass is 16.5. The number of rotatable bonds is 5. The molecule has 1 N–H and O–H groups in total. The van der Waals surface area contributed by atoms with Gasteiger partial charge in [-0.25, -0.2) is 4.79 Å². The molecule has 154 valence electrons. The van der Waals surface area contributed by atoms with E-state index in [9.17, 15) is 4.79 Å². The van der Waals surface area contributed by atoms with Gasteiger partial charge >= 0.3 is 5.97 Å². The van der Waals surface area contributed by atoms with E-state index in [2.05, 4.69) is 26.1 Å². The van der Waals surface area contributed by atoms with Crippen LogP contribution in [-0.4, -0.2) is 59.2 Å². The van der Waals surface area contributed by atoms with Crippen molar-refractivity contribution in [1.82, 2.24) is 19.9 Å². The van der Waals surface area contributed by atoms with Crippen molar-refractivity contribution in [3.63, 3.8) is 0 Å². The molecule has 0 spiro atoms. The van der Waals surface area contributed by atoms with Gasteiger partial charge in [0.2, 0.25) is 0 Å². The minimum absolute atomic E-state index is 0.311. The first-order valence-corrected chi connectivity index (χ1v) is 10.1. The summed E-state index contributed by atoms with van der Waals surface area (Å²) in [7, 11) is 1.40. The predicted molar refractivity (Wildman–Crippen MR) is 111 cm³/mol. The van der Waals surface area contributed by atoms with Crippen molar-refractivity contribution in [3.05, 3.63) is 52.5 Å². The molecule has 0 radical (unpaired) electrons. The molecule has 7 heteroatoms. The maximum absolute atomic E-state index is 11.7. The molecule has 29 heavy (non-hydrogen) atoms. The minimum atomic E-state index is -0.311. The highest BCUT2D eigenvalue weighted by Crippen LogP contribution is 2.23. The minimum Gasteiger partial charge on any atom is -0.465 e. The molecule has 1 saturated heterocycles. The summed E-state index contributed by atoms with van der Waals surface area (Å²) in [6, 6.07) is 5.70. The highest BCUT2D eigenvalue weighted by molar-refractivity contribution is 5.95. The second-order valence-corrected chi connectivity index (χ2v) is 7.77. The fourth-order valence-corrected chi connectivity index (χ4v) is 4.09. The third-order valence-corrected chi connectivity index (χ3v) is 5.83. The Morgan fingerprint density at radius 1 is 1.17 bits per heavy atom. The zero-order chi connectivity index (χ0) is 20.4. The second kappa shape index (κ2) is 8.39. The molecule has 1 fully saturated rings. The van der Waals surface area contributed by atoms with Crippen molar-refractivity contribution < 1.29 is 14.1 Å². The fourth-order valence-electron chi connectivity index (χ4n) is 4.09. The molecule has 2 aromatic heterocycles. The van der Waals surface area contributed by atoms with E-state index in [4.69, 9.17) is 9.26 Å². The van der Waals surface area contributed by atoms with Gasteiger partial charge < -0.3 is 14.2 Å². The maximum atomic E-state index is 11.7. The Kier molecular flexibility index (Phi) is 5.69. The van der Waals surface area contributed by atoms with Crippen LogP contribution < -0.4 is 0 Å². The van der Waals surface area contributed by atoms with Crippen LogP contribution in [0, 0.1) is 13.8 Å². The number of aryl methyl sites for hydroxylation is 2. The van der Waals surface area contributed by atoms with Gasteiger partial charge in [-0.3, -0.25) is 9.80 Å². The van der Waals surface area contributed by atoms with E-state index in [1.54, 1.807) is 0 Å². The Bertz CT molecular complexity index is 987. The summed E-state index contributed by atoms with van der Waals surface area (Å²) < 4.78 is 10.1. The lowest BCUT2D eigenvalue weighted by Crippen LogP contribution is -2.30. The molecule has 0 bridgehead atoms. The van der Waals surface area contributed by atoms with Crippen molar-refractivity contribution in [2.45, 2.75) is 33.4 Å². The zero-order valence-electron chi connectivity index (χ0n) is 17.3. The van der Waals surface area contributed by atoms with Gasteiger partial charge in [0.15, 0.2) is 0 Å². The third-order valence-electron chi connectivity index (χ3n) is 5.83. The highest BCUT2D eigenvalue weighted by Gasteiger charge is 2.19. The quantitative estimate of drug-likeness (QED) is 0.667. The van der Waals surface area contributed by atoms with E-state index in [1.807, 2.05) is 32.0 Å². The lowest BCUT2D eigenvalue weighted by atomic mass is 10.1. The van der Waals surface area contributed by atoms with Gasteiger partial charge in [-0.1, -0.05) is 11.2 Å². The first-order chi connectivity index (χ1) is 14.0. The van der Waals surface area contributed by atoms with Crippen LogP contribution >= 0.6 is 0 Å². The van der Waals surface area contributed by atoms with Gasteiger partial charge in [-0.05, 0) is 51.1 Å². The van der Waals surface area contributed by atoms with E-state index in [1.165, 1.54) is 18.2 Å². The number of carbonyl (C=O) groups excluding carboxylic acids is 1. The van der Waals surface area contributed by atoms with Crippen LogP contribution in [0.5, 0.6) is 0 Å².